The molecular formula is C21H17FN6S. The Hall–Kier alpha value is -3.65. The molecule has 0 radical (unpaired) electrons. The van der Waals surface area contributed by atoms with E-state index in [4.69, 9.17) is 11.5 Å². The summed E-state index contributed by atoms with van der Waals surface area (Å²) in [7, 11) is 0. The van der Waals surface area contributed by atoms with Crippen molar-refractivity contribution >= 4 is 34.9 Å². The van der Waals surface area contributed by atoms with E-state index in [1.54, 1.807) is 42.7 Å². The number of pyridine rings is 1. The van der Waals surface area contributed by atoms with Gasteiger partial charge in [-0.3, -0.25) is 4.98 Å². The molecule has 144 valence electrons. The standard InChI is InChI=1S/C21H17FN6S/c22-17-11-15(4-5-19(17)29-16-6-8-25-9-7-16)26-20-12-18(27-21(24)28-20)13-2-1-3-14(23)10-13/h1-12H,23H2,(H3,24,26,27,28). The predicted molar refractivity (Wildman–Crippen MR) is 114 cm³/mol. The van der Waals surface area contributed by atoms with Gasteiger partial charge in [0.05, 0.1) is 5.69 Å². The van der Waals surface area contributed by atoms with Gasteiger partial charge < -0.3 is 16.8 Å². The van der Waals surface area contributed by atoms with E-state index in [1.807, 2.05) is 24.3 Å². The van der Waals surface area contributed by atoms with Gasteiger partial charge >= 0.3 is 0 Å². The Kier molecular flexibility index (Phi) is 5.26. The number of nitrogens with zero attached hydrogens (tertiary/aromatic N) is 3. The van der Waals surface area contributed by atoms with Gasteiger partial charge in [0.25, 0.3) is 0 Å². The van der Waals surface area contributed by atoms with Crippen molar-refractivity contribution in [2.45, 2.75) is 9.79 Å². The Morgan fingerprint density at radius 2 is 1.72 bits per heavy atom. The van der Waals surface area contributed by atoms with Crippen molar-refractivity contribution < 1.29 is 4.39 Å². The molecule has 0 fully saturated rings. The minimum absolute atomic E-state index is 0.109. The minimum Gasteiger partial charge on any atom is -0.399 e. The van der Waals surface area contributed by atoms with Crippen LogP contribution in [0.1, 0.15) is 0 Å². The van der Waals surface area contributed by atoms with Gasteiger partial charge in [-0.2, -0.15) is 4.98 Å². The van der Waals surface area contributed by atoms with Gasteiger partial charge in [-0.25, -0.2) is 9.37 Å². The molecule has 0 aliphatic rings. The molecule has 0 aliphatic carbocycles. The highest BCUT2D eigenvalue weighted by Gasteiger charge is 2.09. The van der Waals surface area contributed by atoms with Crippen molar-refractivity contribution in [2.24, 2.45) is 0 Å². The van der Waals surface area contributed by atoms with Crippen molar-refractivity contribution in [1.82, 2.24) is 15.0 Å². The molecule has 5 N–H and O–H groups in total. The Labute approximate surface area is 171 Å². The van der Waals surface area contributed by atoms with Crippen molar-refractivity contribution in [1.29, 1.82) is 0 Å². The third kappa shape index (κ3) is 4.61. The van der Waals surface area contributed by atoms with Crippen LogP contribution >= 0.6 is 11.8 Å². The molecule has 0 spiro atoms. The fourth-order valence-electron chi connectivity index (χ4n) is 2.72. The molecule has 4 aromatic rings. The zero-order valence-electron chi connectivity index (χ0n) is 15.2. The summed E-state index contributed by atoms with van der Waals surface area (Å²) in [6.07, 6.45) is 3.35. The molecule has 0 unspecified atom stereocenters. The normalized spacial score (nSPS) is 10.7. The molecule has 0 bridgehead atoms. The largest absolute Gasteiger partial charge is 0.399 e. The van der Waals surface area contributed by atoms with E-state index in [-0.39, 0.29) is 11.8 Å². The first-order valence-corrected chi connectivity index (χ1v) is 9.53. The number of nitrogens with one attached hydrogen (secondary N) is 1. The third-order valence-corrected chi connectivity index (χ3v) is 5.07. The van der Waals surface area contributed by atoms with Crippen molar-refractivity contribution in [3.63, 3.8) is 0 Å². The van der Waals surface area contributed by atoms with Crippen LogP contribution < -0.4 is 16.8 Å². The van der Waals surface area contributed by atoms with Crippen LogP contribution in [-0.4, -0.2) is 15.0 Å². The zero-order chi connectivity index (χ0) is 20.2. The topological polar surface area (TPSA) is 103 Å². The summed E-state index contributed by atoms with van der Waals surface area (Å²) in [6, 6.07) is 17.6. The summed E-state index contributed by atoms with van der Waals surface area (Å²) in [4.78, 5) is 13.8. The first-order valence-electron chi connectivity index (χ1n) is 8.72. The zero-order valence-corrected chi connectivity index (χ0v) is 16.0. The number of aromatic nitrogens is 3. The molecule has 29 heavy (non-hydrogen) atoms. The Morgan fingerprint density at radius 1 is 0.897 bits per heavy atom. The van der Waals surface area contributed by atoms with Crippen LogP contribution in [0.5, 0.6) is 0 Å². The Morgan fingerprint density at radius 3 is 2.48 bits per heavy atom. The van der Waals surface area contributed by atoms with Gasteiger partial charge in [0.15, 0.2) is 0 Å². The Bertz CT molecular complexity index is 1150. The van der Waals surface area contributed by atoms with E-state index < -0.39 is 0 Å². The smallest absolute Gasteiger partial charge is 0.222 e. The first kappa shape index (κ1) is 18.7. The van der Waals surface area contributed by atoms with Crippen LogP contribution in [0.15, 0.2) is 82.8 Å². The number of hydrogen-bond donors (Lipinski definition) is 3. The monoisotopic (exact) mass is 404 g/mol. The molecule has 0 aliphatic heterocycles. The van der Waals surface area contributed by atoms with Gasteiger partial charge in [-0.05, 0) is 42.5 Å². The number of anilines is 4. The maximum absolute atomic E-state index is 14.6. The number of hydrogen-bond acceptors (Lipinski definition) is 7. The number of nitrogens with two attached hydrogens (primary N) is 2. The highest BCUT2D eigenvalue weighted by molar-refractivity contribution is 7.99. The second-order valence-corrected chi connectivity index (χ2v) is 7.29. The lowest BCUT2D eigenvalue weighted by molar-refractivity contribution is 0.602. The summed E-state index contributed by atoms with van der Waals surface area (Å²) < 4.78 is 14.6. The number of nitrogen functional groups attached to an aromatic ring is 2. The highest BCUT2D eigenvalue weighted by Crippen LogP contribution is 2.31. The molecule has 0 saturated heterocycles. The van der Waals surface area contributed by atoms with Crippen LogP contribution in [-0.2, 0) is 0 Å². The summed E-state index contributed by atoms with van der Waals surface area (Å²) in [5.41, 5.74) is 14.3. The van der Waals surface area contributed by atoms with Crippen LogP contribution in [0.3, 0.4) is 0 Å². The summed E-state index contributed by atoms with van der Waals surface area (Å²) >= 11 is 1.33. The lowest BCUT2D eigenvalue weighted by Gasteiger charge is -2.10. The summed E-state index contributed by atoms with van der Waals surface area (Å²) in [6.45, 7) is 0. The summed E-state index contributed by atoms with van der Waals surface area (Å²) in [5, 5.41) is 3.08. The molecule has 2 aromatic heterocycles. The molecule has 2 heterocycles. The lowest BCUT2D eigenvalue weighted by atomic mass is 10.1. The molecule has 6 nitrogen and oxygen atoms in total. The molecule has 8 heteroatoms. The maximum atomic E-state index is 14.6. The molecule has 0 atom stereocenters. The van der Waals surface area contributed by atoms with E-state index >= 15 is 0 Å². The van der Waals surface area contributed by atoms with Crippen molar-refractivity contribution in [2.75, 3.05) is 16.8 Å². The molecule has 4 rings (SSSR count). The fraction of sp³-hybridized carbons (Fsp3) is 0. The quantitative estimate of drug-likeness (QED) is 0.413. The third-order valence-electron chi connectivity index (χ3n) is 4.01. The van der Waals surface area contributed by atoms with Gasteiger partial charge in [-0.1, -0.05) is 23.9 Å². The van der Waals surface area contributed by atoms with E-state index in [2.05, 4.69) is 20.3 Å². The minimum atomic E-state index is -0.338. The lowest BCUT2D eigenvalue weighted by Crippen LogP contribution is -2.02. The van der Waals surface area contributed by atoms with Crippen molar-refractivity contribution in [3.8, 4) is 11.3 Å². The second kappa shape index (κ2) is 8.15. The van der Waals surface area contributed by atoms with Crippen LogP contribution in [0, 0.1) is 5.82 Å². The molecule has 0 amide bonds. The predicted octanol–water partition coefficient (Wildman–Crippen LogP) is 4.74. The van der Waals surface area contributed by atoms with Crippen LogP contribution in [0.4, 0.5) is 27.5 Å². The molecule has 0 saturated carbocycles. The van der Waals surface area contributed by atoms with E-state index in [0.29, 0.717) is 27.8 Å². The average molecular weight is 404 g/mol. The van der Waals surface area contributed by atoms with Crippen LogP contribution in [0.2, 0.25) is 0 Å². The second-order valence-electron chi connectivity index (χ2n) is 6.18. The van der Waals surface area contributed by atoms with Gasteiger partial charge in [0.2, 0.25) is 5.95 Å². The van der Waals surface area contributed by atoms with Crippen molar-refractivity contribution in [3.05, 3.63) is 78.9 Å². The van der Waals surface area contributed by atoms with Crippen LogP contribution in [0.25, 0.3) is 11.3 Å². The number of halogens is 1. The average Bonchev–Trinajstić information content (AvgIpc) is 2.70. The molecular weight excluding hydrogens is 387 g/mol. The Balaban J connectivity index is 1.57. The highest BCUT2D eigenvalue weighted by atomic mass is 32.2. The van der Waals surface area contributed by atoms with E-state index in [9.17, 15) is 4.39 Å². The first-order chi connectivity index (χ1) is 14.1. The van der Waals surface area contributed by atoms with E-state index in [1.165, 1.54) is 17.8 Å². The van der Waals surface area contributed by atoms with Gasteiger partial charge in [0, 0.05) is 45.2 Å². The number of rotatable bonds is 5. The SMILES string of the molecule is Nc1cccc(-c2cc(Nc3ccc(Sc4ccncc4)c(F)c3)nc(N)n2)c1. The van der Waals surface area contributed by atoms with Gasteiger partial charge in [0.1, 0.15) is 11.6 Å². The summed E-state index contributed by atoms with van der Waals surface area (Å²) in [5.74, 6) is 0.233. The number of benzene rings is 2. The van der Waals surface area contributed by atoms with Gasteiger partial charge in [-0.15, -0.1) is 0 Å². The fourth-order valence-corrected chi connectivity index (χ4v) is 3.52. The molecule has 2 aromatic carbocycles. The van der Waals surface area contributed by atoms with E-state index in [0.717, 1.165) is 10.5 Å². The maximum Gasteiger partial charge on any atom is 0.222 e.